The minimum atomic E-state index is -0.140. The molecule has 3 aromatic rings. The van der Waals surface area contributed by atoms with Gasteiger partial charge in [0.05, 0.1) is 17.6 Å². The highest BCUT2D eigenvalue weighted by molar-refractivity contribution is 7.99. The van der Waals surface area contributed by atoms with Crippen molar-refractivity contribution in [1.82, 2.24) is 15.5 Å². The van der Waals surface area contributed by atoms with Gasteiger partial charge >= 0.3 is 0 Å². The quantitative estimate of drug-likeness (QED) is 0.672. The lowest BCUT2D eigenvalue weighted by Gasteiger charge is -2.05. The number of nitrogens with one attached hydrogen (secondary N) is 1. The van der Waals surface area contributed by atoms with E-state index in [9.17, 15) is 4.79 Å². The van der Waals surface area contributed by atoms with Gasteiger partial charge in [-0.3, -0.25) is 4.79 Å². The number of carbonyl (C=O) groups excluding carboxylic acids is 1. The van der Waals surface area contributed by atoms with Crippen molar-refractivity contribution in [2.45, 2.75) is 18.7 Å². The molecule has 0 saturated heterocycles. The smallest absolute Gasteiger partial charge is 0.277 e. The molecule has 3 rings (SSSR count). The fraction of sp³-hybridized carbons (Fsp3) is 0.188. The largest absolute Gasteiger partial charge is 0.469 e. The third-order valence-electron chi connectivity index (χ3n) is 3.26. The Morgan fingerprint density at radius 3 is 2.88 bits per heavy atom. The fourth-order valence-electron chi connectivity index (χ4n) is 2.00. The summed E-state index contributed by atoms with van der Waals surface area (Å²) < 4.78 is 10.7. The van der Waals surface area contributed by atoms with Gasteiger partial charge < -0.3 is 14.2 Å². The number of halogens is 1. The van der Waals surface area contributed by atoms with Crippen LogP contribution in [0.1, 0.15) is 11.3 Å². The van der Waals surface area contributed by atoms with Gasteiger partial charge in [-0.1, -0.05) is 41.6 Å². The number of aryl methyl sites for hydroxylation is 1. The number of benzene rings is 1. The number of rotatable bonds is 6. The first-order valence-electron chi connectivity index (χ1n) is 7.14. The van der Waals surface area contributed by atoms with E-state index in [0.29, 0.717) is 28.4 Å². The second-order valence-corrected chi connectivity index (χ2v) is 6.25. The van der Waals surface area contributed by atoms with Crippen LogP contribution >= 0.6 is 23.4 Å². The Morgan fingerprint density at radius 2 is 2.12 bits per heavy atom. The molecule has 0 aliphatic heterocycles. The van der Waals surface area contributed by atoms with E-state index in [1.54, 1.807) is 18.4 Å². The standard InChI is InChI=1S/C16H14ClN3O3S/c1-10-12(6-7-22-10)15-19-20-16(23-15)24-9-14(21)18-8-11-4-2-3-5-13(11)17/h2-7H,8-9H2,1H3,(H,18,21). The van der Waals surface area contributed by atoms with Crippen LogP contribution in [0.5, 0.6) is 0 Å². The number of carbonyl (C=O) groups is 1. The van der Waals surface area contributed by atoms with Gasteiger partial charge in [0.2, 0.25) is 5.91 Å². The Bertz CT molecular complexity index is 846. The number of hydrogen-bond donors (Lipinski definition) is 1. The lowest BCUT2D eigenvalue weighted by Crippen LogP contribution is -2.24. The molecule has 0 saturated carbocycles. The molecule has 1 N–H and O–H groups in total. The maximum Gasteiger partial charge on any atom is 0.277 e. The number of hydrogen-bond acceptors (Lipinski definition) is 6. The summed E-state index contributed by atoms with van der Waals surface area (Å²) in [6.07, 6.45) is 1.56. The summed E-state index contributed by atoms with van der Waals surface area (Å²) in [7, 11) is 0. The average molecular weight is 364 g/mol. The van der Waals surface area contributed by atoms with E-state index in [-0.39, 0.29) is 11.7 Å². The molecule has 2 aromatic heterocycles. The number of thioether (sulfide) groups is 1. The van der Waals surface area contributed by atoms with Gasteiger partial charge in [0.1, 0.15) is 5.76 Å². The maximum atomic E-state index is 11.9. The lowest BCUT2D eigenvalue weighted by atomic mass is 10.2. The second kappa shape index (κ2) is 7.55. The first kappa shape index (κ1) is 16.6. The molecule has 1 amide bonds. The molecule has 0 unspecified atom stereocenters. The van der Waals surface area contributed by atoms with E-state index in [1.165, 1.54) is 11.8 Å². The molecule has 2 heterocycles. The van der Waals surface area contributed by atoms with Gasteiger partial charge in [-0.15, -0.1) is 10.2 Å². The average Bonchev–Trinajstić information content (AvgIpc) is 3.20. The topological polar surface area (TPSA) is 81.2 Å². The van der Waals surface area contributed by atoms with E-state index in [2.05, 4.69) is 15.5 Å². The zero-order valence-corrected chi connectivity index (χ0v) is 14.4. The summed E-state index contributed by atoms with van der Waals surface area (Å²) in [5.41, 5.74) is 1.62. The van der Waals surface area contributed by atoms with Crippen LogP contribution in [-0.2, 0) is 11.3 Å². The normalized spacial score (nSPS) is 10.8. The van der Waals surface area contributed by atoms with Gasteiger partial charge in [-0.25, -0.2) is 0 Å². The van der Waals surface area contributed by atoms with Crippen LogP contribution in [0, 0.1) is 6.92 Å². The van der Waals surface area contributed by atoms with Gasteiger partial charge in [-0.05, 0) is 24.6 Å². The highest BCUT2D eigenvalue weighted by Crippen LogP contribution is 2.26. The van der Waals surface area contributed by atoms with Gasteiger partial charge in [0.25, 0.3) is 11.1 Å². The monoisotopic (exact) mass is 363 g/mol. The minimum Gasteiger partial charge on any atom is -0.469 e. The Kier molecular flexibility index (Phi) is 5.22. The molecule has 0 aliphatic rings. The molecule has 24 heavy (non-hydrogen) atoms. The molecule has 0 fully saturated rings. The molecule has 124 valence electrons. The first-order valence-corrected chi connectivity index (χ1v) is 8.50. The summed E-state index contributed by atoms with van der Waals surface area (Å²) in [5.74, 6) is 1.11. The van der Waals surface area contributed by atoms with Crippen molar-refractivity contribution < 1.29 is 13.6 Å². The lowest BCUT2D eigenvalue weighted by molar-refractivity contribution is -0.118. The van der Waals surface area contributed by atoms with Crippen molar-refractivity contribution in [2.24, 2.45) is 0 Å². The summed E-state index contributed by atoms with van der Waals surface area (Å²) in [5, 5.41) is 11.6. The third-order valence-corrected chi connectivity index (χ3v) is 4.44. The van der Waals surface area contributed by atoms with E-state index >= 15 is 0 Å². The zero-order valence-electron chi connectivity index (χ0n) is 12.8. The van der Waals surface area contributed by atoms with E-state index in [1.807, 2.05) is 25.1 Å². The summed E-state index contributed by atoms with van der Waals surface area (Å²) >= 11 is 7.22. The zero-order chi connectivity index (χ0) is 16.9. The van der Waals surface area contributed by atoms with Crippen LogP contribution in [0.2, 0.25) is 5.02 Å². The Hall–Kier alpha value is -2.25. The van der Waals surface area contributed by atoms with Gasteiger partial charge in [-0.2, -0.15) is 0 Å². The molecular formula is C16H14ClN3O3S. The van der Waals surface area contributed by atoms with E-state index < -0.39 is 0 Å². The Morgan fingerprint density at radius 1 is 1.29 bits per heavy atom. The van der Waals surface area contributed by atoms with E-state index in [4.69, 9.17) is 20.4 Å². The minimum absolute atomic E-state index is 0.140. The molecule has 0 aliphatic carbocycles. The first-order chi connectivity index (χ1) is 11.6. The maximum absolute atomic E-state index is 11.9. The molecule has 0 bridgehead atoms. The number of nitrogens with zero attached hydrogens (tertiary/aromatic N) is 2. The molecule has 8 heteroatoms. The highest BCUT2D eigenvalue weighted by Gasteiger charge is 2.14. The van der Waals surface area contributed by atoms with Crippen LogP contribution in [0.4, 0.5) is 0 Å². The molecule has 0 radical (unpaired) electrons. The summed E-state index contributed by atoms with van der Waals surface area (Å²) in [6, 6.07) is 9.13. The van der Waals surface area contributed by atoms with Crippen molar-refractivity contribution in [3.63, 3.8) is 0 Å². The summed E-state index contributed by atoms with van der Waals surface area (Å²) in [4.78, 5) is 11.9. The predicted molar refractivity (Wildman–Crippen MR) is 90.8 cm³/mol. The van der Waals surface area contributed by atoms with Crippen LogP contribution in [0.3, 0.4) is 0 Å². The molecular weight excluding hydrogens is 350 g/mol. The van der Waals surface area contributed by atoms with Gasteiger partial charge in [0.15, 0.2) is 0 Å². The Labute approximate surface area is 147 Å². The highest BCUT2D eigenvalue weighted by atomic mass is 35.5. The van der Waals surface area contributed by atoms with Crippen molar-refractivity contribution >= 4 is 29.3 Å². The van der Waals surface area contributed by atoms with Crippen molar-refractivity contribution in [3.8, 4) is 11.5 Å². The van der Waals surface area contributed by atoms with Crippen molar-refractivity contribution in [1.29, 1.82) is 0 Å². The molecule has 0 atom stereocenters. The number of amides is 1. The summed E-state index contributed by atoms with van der Waals surface area (Å²) in [6.45, 7) is 2.19. The predicted octanol–water partition coefficient (Wildman–Crippen LogP) is 3.70. The number of aromatic nitrogens is 2. The Balaban J connectivity index is 1.51. The SMILES string of the molecule is Cc1occc1-c1nnc(SCC(=O)NCc2ccccc2Cl)o1. The second-order valence-electron chi connectivity index (χ2n) is 4.92. The van der Waals surface area contributed by atoms with Crippen LogP contribution in [0.25, 0.3) is 11.5 Å². The van der Waals surface area contributed by atoms with Crippen LogP contribution in [-0.4, -0.2) is 21.9 Å². The van der Waals surface area contributed by atoms with Crippen molar-refractivity contribution in [2.75, 3.05) is 5.75 Å². The molecule has 6 nitrogen and oxygen atoms in total. The molecule has 0 spiro atoms. The number of furan rings is 1. The van der Waals surface area contributed by atoms with E-state index in [0.717, 1.165) is 11.1 Å². The van der Waals surface area contributed by atoms with Gasteiger partial charge in [0, 0.05) is 11.6 Å². The van der Waals surface area contributed by atoms with Crippen molar-refractivity contribution in [3.05, 3.63) is 52.9 Å². The third kappa shape index (κ3) is 3.98. The molecule has 1 aromatic carbocycles. The van der Waals surface area contributed by atoms with Crippen LogP contribution < -0.4 is 5.32 Å². The fourth-order valence-corrected chi connectivity index (χ4v) is 2.79. The van der Waals surface area contributed by atoms with Crippen LogP contribution in [0.15, 0.2) is 50.7 Å².